The molecule has 1 saturated heterocycles. The lowest BCUT2D eigenvalue weighted by atomic mass is 10.5. The van der Waals surface area contributed by atoms with Crippen LogP contribution >= 0.6 is 11.8 Å². The van der Waals surface area contributed by atoms with Gasteiger partial charge >= 0.3 is 5.97 Å². The van der Waals surface area contributed by atoms with Gasteiger partial charge in [0.05, 0.1) is 7.11 Å². The summed E-state index contributed by atoms with van der Waals surface area (Å²) in [7, 11) is 1.44. The zero-order valence-corrected chi connectivity index (χ0v) is 7.69. The molecule has 0 aromatic rings. The zero-order valence-electron chi connectivity index (χ0n) is 6.87. The number of nitrogens with zero attached hydrogens (tertiary/aromatic N) is 1. The molecule has 2 unspecified atom stereocenters. The Morgan fingerprint density at radius 1 is 1.82 bits per heavy atom. The third kappa shape index (κ3) is 2.38. The highest BCUT2D eigenvalue weighted by Crippen LogP contribution is 2.18. The van der Waals surface area contributed by atoms with Gasteiger partial charge in [-0.3, -0.25) is 9.69 Å². The average molecular weight is 175 g/mol. The monoisotopic (exact) mass is 175 g/mol. The minimum Gasteiger partial charge on any atom is -0.468 e. The van der Waals surface area contributed by atoms with Crippen LogP contribution in [0.4, 0.5) is 0 Å². The van der Waals surface area contributed by atoms with E-state index in [4.69, 9.17) is 0 Å². The van der Waals surface area contributed by atoms with Gasteiger partial charge in [0, 0.05) is 18.8 Å². The maximum absolute atomic E-state index is 10.9. The lowest BCUT2D eigenvalue weighted by Crippen LogP contribution is -2.15. The van der Waals surface area contributed by atoms with E-state index in [1.165, 1.54) is 7.11 Å². The van der Waals surface area contributed by atoms with Crippen LogP contribution in [0.2, 0.25) is 0 Å². The number of hydrogen-bond donors (Lipinski definition) is 0. The Hall–Kier alpha value is -0.220. The first-order valence-corrected chi connectivity index (χ1v) is 4.99. The van der Waals surface area contributed by atoms with Gasteiger partial charge in [-0.2, -0.15) is 11.8 Å². The van der Waals surface area contributed by atoms with Crippen LogP contribution in [0.15, 0.2) is 0 Å². The number of methoxy groups -OCH3 is 1. The van der Waals surface area contributed by atoms with E-state index in [2.05, 4.69) is 15.9 Å². The van der Waals surface area contributed by atoms with E-state index >= 15 is 0 Å². The molecule has 1 rings (SSSR count). The maximum Gasteiger partial charge on any atom is 0.324 e. The Kier molecular flexibility index (Phi) is 3.20. The molecule has 1 aliphatic heterocycles. The van der Waals surface area contributed by atoms with Crippen molar-refractivity contribution in [3.05, 3.63) is 0 Å². The van der Waals surface area contributed by atoms with E-state index < -0.39 is 0 Å². The Labute approximate surface area is 71.1 Å². The standard InChI is InChI=1S/C7H13NO2S/c1-10-7(9)6-5-8(6)3-4-11-2/h6H,3-5H2,1-2H3. The number of carbonyl (C=O) groups excluding carboxylic acids is 1. The highest BCUT2D eigenvalue weighted by Gasteiger charge is 2.40. The van der Waals surface area contributed by atoms with Gasteiger partial charge in [0.25, 0.3) is 0 Å². The molecule has 1 heterocycles. The molecule has 0 aliphatic carbocycles. The fraction of sp³-hybridized carbons (Fsp3) is 0.857. The van der Waals surface area contributed by atoms with Crippen LogP contribution in [-0.2, 0) is 9.53 Å². The van der Waals surface area contributed by atoms with Crippen molar-refractivity contribution in [2.24, 2.45) is 0 Å². The van der Waals surface area contributed by atoms with Crippen molar-refractivity contribution in [3.8, 4) is 0 Å². The van der Waals surface area contributed by atoms with E-state index in [1.807, 2.05) is 0 Å². The minimum absolute atomic E-state index is 0.0622. The van der Waals surface area contributed by atoms with Gasteiger partial charge in [-0.1, -0.05) is 0 Å². The second-order valence-electron chi connectivity index (χ2n) is 2.53. The fourth-order valence-electron chi connectivity index (χ4n) is 0.990. The van der Waals surface area contributed by atoms with E-state index in [0.717, 1.165) is 18.8 Å². The van der Waals surface area contributed by atoms with Crippen molar-refractivity contribution in [3.63, 3.8) is 0 Å². The molecule has 0 spiro atoms. The average Bonchev–Trinajstić information content (AvgIpc) is 2.78. The second-order valence-corrected chi connectivity index (χ2v) is 3.51. The number of thioether (sulfide) groups is 1. The van der Waals surface area contributed by atoms with Crippen molar-refractivity contribution >= 4 is 17.7 Å². The van der Waals surface area contributed by atoms with E-state index in [9.17, 15) is 4.79 Å². The summed E-state index contributed by atoms with van der Waals surface area (Å²) in [6, 6.07) is 0.0622. The number of hydrogen-bond acceptors (Lipinski definition) is 4. The lowest BCUT2D eigenvalue weighted by molar-refractivity contribution is -0.140. The second kappa shape index (κ2) is 3.97. The normalized spacial score (nSPS) is 28.2. The largest absolute Gasteiger partial charge is 0.468 e. The van der Waals surface area contributed by atoms with Gasteiger partial charge < -0.3 is 4.74 Å². The Morgan fingerprint density at radius 2 is 2.55 bits per heavy atom. The molecule has 1 aliphatic rings. The van der Waals surface area contributed by atoms with Crippen molar-refractivity contribution in [1.82, 2.24) is 4.90 Å². The highest BCUT2D eigenvalue weighted by molar-refractivity contribution is 7.98. The van der Waals surface area contributed by atoms with Gasteiger partial charge in [0.1, 0.15) is 6.04 Å². The molecule has 64 valence electrons. The number of rotatable bonds is 4. The molecule has 1 fully saturated rings. The van der Waals surface area contributed by atoms with Gasteiger partial charge in [-0.05, 0) is 6.26 Å². The molecule has 0 saturated carbocycles. The van der Waals surface area contributed by atoms with Crippen LogP contribution in [0.25, 0.3) is 0 Å². The van der Waals surface area contributed by atoms with Crippen LogP contribution in [-0.4, -0.2) is 49.1 Å². The first-order valence-electron chi connectivity index (χ1n) is 3.60. The van der Waals surface area contributed by atoms with Crippen molar-refractivity contribution in [2.75, 3.05) is 32.2 Å². The Morgan fingerprint density at radius 3 is 3.09 bits per heavy atom. The SMILES string of the molecule is COC(=O)C1CN1CCSC. The molecule has 0 bridgehead atoms. The fourth-order valence-corrected chi connectivity index (χ4v) is 1.41. The summed E-state index contributed by atoms with van der Waals surface area (Å²) in [5, 5.41) is 0. The molecule has 0 aromatic carbocycles. The molecule has 0 aromatic heterocycles. The van der Waals surface area contributed by atoms with Gasteiger partial charge in [-0.15, -0.1) is 0 Å². The quantitative estimate of drug-likeness (QED) is 0.451. The van der Waals surface area contributed by atoms with Crippen molar-refractivity contribution < 1.29 is 9.53 Å². The summed E-state index contributed by atoms with van der Waals surface area (Å²) in [4.78, 5) is 13.0. The van der Waals surface area contributed by atoms with Crippen LogP contribution in [0.1, 0.15) is 0 Å². The van der Waals surface area contributed by atoms with Crippen LogP contribution in [0.3, 0.4) is 0 Å². The number of ether oxygens (including phenoxy) is 1. The zero-order chi connectivity index (χ0) is 8.27. The summed E-state index contributed by atoms with van der Waals surface area (Å²) in [6.07, 6.45) is 2.07. The predicted octanol–water partition coefficient (Wildman–Crippen LogP) is 0.207. The summed E-state index contributed by atoms with van der Waals surface area (Å²) >= 11 is 1.80. The summed E-state index contributed by atoms with van der Waals surface area (Å²) in [6.45, 7) is 1.88. The molecule has 4 heteroatoms. The Bertz CT molecular complexity index is 151. The lowest BCUT2D eigenvalue weighted by Gasteiger charge is -1.99. The Balaban J connectivity index is 2.11. The summed E-state index contributed by atoms with van der Waals surface area (Å²) in [5.74, 6) is 0.999. The molecule has 11 heavy (non-hydrogen) atoms. The van der Waals surface area contributed by atoms with Gasteiger partial charge in [0.15, 0.2) is 0 Å². The predicted molar refractivity (Wildman–Crippen MR) is 45.8 cm³/mol. The first kappa shape index (κ1) is 8.87. The van der Waals surface area contributed by atoms with Gasteiger partial charge in [0.2, 0.25) is 0 Å². The van der Waals surface area contributed by atoms with Gasteiger partial charge in [-0.25, -0.2) is 0 Å². The van der Waals surface area contributed by atoms with Crippen LogP contribution in [0, 0.1) is 0 Å². The molecule has 0 amide bonds. The summed E-state index contributed by atoms with van der Waals surface area (Å²) in [5.41, 5.74) is 0. The highest BCUT2D eigenvalue weighted by atomic mass is 32.2. The number of carbonyl (C=O) groups is 1. The third-order valence-electron chi connectivity index (χ3n) is 1.77. The van der Waals surface area contributed by atoms with E-state index in [1.54, 1.807) is 11.8 Å². The van der Waals surface area contributed by atoms with E-state index in [-0.39, 0.29) is 12.0 Å². The molecule has 2 atom stereocenters. The molecule has 0 radical (unpaired) electrons. The van der Waals surface area contributed by atoms with Crippen molar-refractivity contribution in [2.45, 2.75) is 6.04 Å². The maximum atomic E-state index is 10.9. The molecular weight excluding hydrogens is 162 g/mol. The molecule has 3 nitrogen and oxygen atoms in total. The molecular formula is C7H13NO2S. The number of esters is 1. The topological polar surface area (TPSA) is 29.3 Å². The molecule has 0 N–H and O–H groups in total. The smallest absolute Gasteiger partial charge is 0.324 e. The summed E-state index contributed by atoms with van der Waals surface area (Å²) < 4.78 is 4.60. The van der Waals surface area contributed by atoms with Crippen LogP contribution < -0.4 is 0 Å². The first-order chi connectivity index (χ1) is 5.29. The van der Waals surface area contributed by atoms with Crippen LogP contribution in [0.5, 0.6) is 0 Å². The minimum atomic E-state index is -0.0916. The third-order valence-corrected chi connectivity index (χ3v) is 2.36. The van der Waals surface area contributed by atoms with Crippen molar-refractivity contribution in [1.29, 1.82) is 0 Å². The van der Waals surface area contributed by atoms with E-state index in [0.29, 0.717) is 0 Å².